The van der Waals surface area contributed by atoms with Crippen LogP contribution in [0.1, 0.15) is 50.3 Å². The van der Waals surface area contributed by atoms with Crippen molar-refractivity contribution in [2.75, 3.05) is 0 Å². The summed E-state index contributed by atoms with van der Waals surface area (Å²) in [5.41, 5.74) is 3.01. The van der Waals surface area contributed by atoms with Crippen LogP contribution >= 0.6 is 11.6 Å². The quantitative estimate of drug-likeness (QED) is 0.633. The Hall–Kier alpha value is -2.33. The number of rotatable bonds is 9. The summed E-state index contributed by atoms with van der Waals surface area (Å²) >= 11 is 6.00. The molecule has 2 aromatic carbocycles. The second-order valence-corrected chi connectivity index (χ2v) is 7.99. The number of amides is 2. The van der Waals surface area contributed by atoms with E-state index < -0.39 is 6.04 Å². The Bertz CT molecular complexity index is 820. The molecule has 156 valence electrons. The van der Waals surface area contributed by atoms with Crippen molar-refractivity contribution in [1.29, 1.82) is 0 Å². The number of carbonyl (C=O) groups excluding carboxylic acids is 2. The molecule has 0 heterocycles. The van der Waals surface area contributed by atoms with Gasteiger partial charge in [0.25, 0.3) is 0 Å². The summed E-state index contributed by atoms with van der Waals surface area (Å²) in [6, 6.07) is 14.9. The van der Waals surface area contributed by atoms with Crippen molar-refractivity contribution < 1.29 is 9.59 Å². The molecular weight excluding hydrogens is 384 g/mol. The number of aryl methyl sites for hydroxylation is 1. The normalized spacial score (nSPS) is 12.9. The van der Waals surface area contributed by atoms with Gasteiger partial charge in [0.1, 0.15) is 6.04 Å². The monoisotopic (exact) mass is 414 g/mol. The Morgan fingerprint density at radius 2 is 1.72 bits per heavy atom. The fraction of sp³-hybridized carbons (Fsp3) is 0.417. The first-order valence-electron chi connectivity index (χ1n) is 10.2. The lowest BCUT2D eigenvalue weighted by Gasteiger charge is -2.31. The summed E-state index contributed by atoms with van der Waals surface area (Å²) < 4.78 is 0. The molecule has 4 nitrogen and oxygen atoms in total. The van der Waals surface area contributed by atoms with E-state index in [0.29, 0.717) is 18.0 Å². The molecule has 0 saturated heterocycles. The number of hydrogen-bond donors (Lipinski definition) is 1. The van der Waals surface area contributed by atoms with E-state index >= 15 is 0 Å². The first-order valence-corrected chi connectivity index (χ1v) is 10.6. The van der Waals surface area contributed by atoms with E-state index in [-0.39, 0.29) is 24.3 Å². The molecule has 2 amide bonds. The largest absolute Gasteiger partial charge is 0.352 e. The number of carbonyl (C=O) groups is 2. The highest BCUT2D eigenvalue weighted by Gasteiger charge is 2.29. The maximum Gasteiger partial charge on any atom is 0.243 e. The van der Waals surface area contributed by atoms with E-state index in [2.05, 4.69) is 5.32 Å². The summed E-state index contributed by atoms with van der Waals surface area (Å²) in [6.07, 6.45) is 1.66. The molecule has 0 aliphatic rings. The van der Waals surface area contributed by atoms with Crippen LogP contribution in [0.25, 0.3) is 0 Å². The molecule has 0 spiro atoms. The highest BCUT2D eigenvalue weighted by atomic mass is 35.5. The van der Waals surface area contributed by atoms with Gasteiger partial charge in [-0.05, 0) is 49.9 Å². The van der Waals surface area contributed by atoms with E-state index in [0.717, 1.165) is 23.1 Å². The second-order valence-electron chi connectivity index (χ2n) is 7.56. The Morgan fingerprint density at radius 1 is 1.03 bits per heavy atom. The van der Waals surface area contributed by atoms with Gasteiger partial charge in [-0.1, -0.05) is 67.4 Å². The molecule has 0 aliphatic carbocycles. The minimum Gasteiger partial charge on any atom is -0.352 e. The summed E-state index contributed by atoms with van der Waals surface area (Å²) in [5.74, 6) is -0.162. The van der Waals surface area contributed by atoms with Gasteiger partial charge >= 0.3 is 0 Å². The maximum absolute atomic E-state index is 13.3. The van der Waals surface area contributed by atoms with Gasteiger partial charge in [-0.2, -0.15) is 0 Å². The molecule has 0 aliphatic heterocycles. The lowest BCUT2D eigenvalue weighted by Crippen LogP contribution is -2.51. The summed E-state index contributed by atoms with van der Waals surface area (Å²) in [6.45, 7) is 8.32. The molecule has 0 saturated carbocycles. The zero-order valence-electron chi connectivity index (χ0n) is 17.7. The third-order valence-electron chi connectivity index (χ3n) is 5.09. The number of nitrogens with one attached hydrogen (secondary N) is 1. The lowest BCUT2D eigenvalue weighted by molar-refractivity contribution is -0.141. The molecule has 1 N–H and O–H groups in total. The van der Waals surface area contributed by atoms with Crippen molar-refractivity contribution in [3.63, 3.8) is 0 Å². The Kier molecular flexibility index (Phi) is 8.71. The van der Waals surface area contributed by atoms with Gasteiger partial charge in [0.2, 0.25) is 11.8 Å². The molecule has 2 rings (SSSR count). The third kappa shape index (κ3) is 6.90. The van der Waals surface area contributed by atoms with Crippen molar-refractivity contribution in [2.24, 2.45) is 0 Å². The molecule has 0 bridgehead atoms. The second kappa shape index (κ2) is 11.0. The maximum atomic E-state index is 13.3. The first-order chi connectivity index (χ1) is 13.8. The topological polar surface area (TPSA) is 49.4 Å². The predicted molar refractivity (Wildman–Crippen MR) is 119 cm³/mol. The average molecular weight is 415 g/mol. The predicted octanol–water partition coefficient (Wildman–Crippen LogP) is 4.91. The molecule has 0 fully saturated rings. The number of benzene rings is 2. The van der Waals surface area contributed by atoms with Crippen molar-refractivity contribution in [1.82, 2.24) is 10.2 Å². The van der Waals surface area contributed by atoms with Crippen LogP contribution in [0.5, 0.6) is 0 Å². The van der Waals surface area contributed by atoms with Crippen LogP contribution in [0.15, 0.2) is 48.5 Å². The van der Waals surface area contributed by atoms with Gasteiger partial charge in [0.15, 0.2) is 0 Å². The van der Waals surface area contributed by atoms with Crippen LogP contribution in [0.3, 0.4) is 0 Å². The smallest absolute Gasteiger partial charge is 0.243 e. The summed E-state index contributed by atoms with van der Waals surface area (Å²) in [4.78, 5) is 27.9. The van der Waals surface area contributed by atoms with Gasteiger partial charge < -0.3 is 10.2 Å². The number of halogens is 1. The molecule has 5 heteroatoms. The molecular formula is C24H31ClN2O2. The molecule has 0 radical (unpaired) electrons. The van der Waals surface area contributed by atoms with Crippen molar-refractivity contribution in [2.45, 2.75) is 65.6 Å². The Morgan fingerprint density at radius 3 is 2.31 bits per heavy atom. The van der Waals surface area contributed by atoms with E-state index in [1.807, 2.05) is 64.1 Å². The minimum absolute atomic E-state index is 0.0586. The molecule has 0 unspecified atom stereocenters. The number of hydrogen-bond acceptors (Lipinski definition) is 2. The zero-order valence-corrected chi connectivity index (χ0v) is 18.5. The van der Waals surface area contributed by atoms with Gasteiger partial charge in [-0.3, -0.25) is 9.59 Å². The SMILES string of the molecule is CC[C@H](C)NC(=O)[C@H](CC)N(Cc1ccc(Cl)cc1)C(=O)Cc1cccc(C)c1. The molecule has 2 atom stereocenters. The lowest BCUT2D eigenvalue weighted by atomic mass is 10.0. The highest BCUT2D eigenvalue weighted by Crippen LogP contribution is 2.17. The Balaban J connectivity index is 2.28. The van der Waals surface area contributed by atoms with Crippen LogP contribution in [-0.2, 0) is 22.6 Å². The van der Waals surface area contributed by atoms with Gasteiger partial charge in [0.05, 0.1) is 6.42 Å². The van der Waals surface area contributed by atoms with E-state index in [1.54, 1.807) is 17.0 Å². The minimum atomic E-state index is -0.517. The highest BCUT2D eigenvalue weighted by molar-refractivity contribution is 6.30. The molecule has 2 aromatic rings. The Labute approximate surface area is 179 Å². The van der Waals surface area contributed by atoms with Gasteiger partial charge in [0, 0.05) is 17.6 Å². The average Bonchev–Trinajstić information content (AvgIpc) is 2.69. The van der Waals surface area contributed by atoms with Crippen LogP contribution in [0, 0.1) is 6.92 Å². The fourth-order valence-electron chi connectivity index (χ4n) is 3.25. The van der Waals surface area contributed by atoms with Crippen molar-refractivity contribution in [3.05, 3.63) is 70.2 Å². The molecule has 0 aromatic heterocycles. The zero-order chi connectivity index (χ0) is 21.4. The van der Waals surface area contributed by atoms with Gasteiger partial charge in [-0.15, -0.1) is 0 Å². The summed E-state index contributed by atoms with van der Waals surface area (Å²) in [7, 11) is 0. The van der Waals surface area contributed by atoms with E-state index in [9.17, 15) is 9.59 Å². The van der Waals surface area contributed by atoms with Crippen LogP contribution in [0.4, 0.5) is 0 Å². The van der Waals surface area contributed by atoms with Crippen molar-refractivity contribution >= 4 is 23.4 Å². The summed E-state index contributed by atoms with van der Waals surface area (Å²) in [5, 5.41) is 3.68. The molecule has 29 heavy (non-hydrogen) atoms. The van der Waals surface area contributed by atoms with Gasteiger partial charge in [-0.25, -0.2) is 0 Å². The van der Waals surface area contributed by atoms with E-state index in [1.165, 1.54) is 0 Å². The van der Waals surface area contributed by atoms with Crippen LogP contribution < -0.4 is 5.32 Å². The van der Waals surface area contributed by atoms with Crippen molar-refractivity contribution in [3.8, 4) is 0 Å². The van der Waals surface area contributed by atoms with Crippen LogP contribution in [-0.4, -0.2) is 28.8 Å². The number of nitrogens with zero attached hydrogens (tertiary/aromatic N) is 1. The first kappa shape index (κ1) is 23.0. The fourth-order valence-corrected chi connectivity index (χ4v) is 3.37. The van der Waals surface area contributed by atoms with E-state index in [4.69, 9.17) is 11.6 Å². The standard InChI is InChI=1S/C24H31ClN2O2/c1-5-18(4)26-24(29)22(6-2)27(16-19-10-12-21(25)13-11-19)23(28)15-20-9-7-8-17(3)14-20/h7-14,18,22H,5-6,15-16H2,1-4H3,(H,26,29)/t18-,22-/m0/s1. The van der Waals surface area contributed by atoms with Crippen LogP contribution in [0.2, 0.25) is 5.02 Å². The third-order valence-corrected chi connectivity index (χ3v) is 5.34.